The van der Waals surface area contributed by atoms with Crippen LogP contribution >= 0.6 is 11.6 Å². The van der Waals surface area contributed by atoms with Crippen molar-refractivity contribution in [1.29, 1.82) is 0 Å². The smallest absolute Gasteiger partial charge is 0.257 e. The Morgan fingerprint density at radius 3 is 2.40 bits per heavy atom. The average Bonchev–Trinajstić information content (AvgIpc) is 3.01. The van der Waals surface area contributed by atoms with E-state index in [9.17, 15) is 9.59 Å². The third-order valence-corrected chi connectivity index (χ3v) is 5.40. The van der Waals surface area contributed by atoms with E-state index in [1.54, 1.807) is 11.8 Å². The number of aryl methyl sites for hydroxylation is 1. The van der Waals surface area contributed by atoms with Crippen LogP contribution in [0, 0.1) is 13.8 Å². The molecular weight excluding hydrogens is 398 g/mol. The Bertz CT molecular complexity index is 1070. The molecule has 0 fully saturated rings. The van der Waals surface area contributed by atoms with Crippen LogP contribution in [0.4, 0.5) is 5.69 Å². The minimum absolute atomic E-state index is 0.0292. The van der Waals surface area contributed by atoms with Crippen LogP contribution in [0.5, 0.6) is 0 Å². The fourth-order valence-corrected chi connectivity index (χ4v) is 3.72. The fourth-order valence-electron chi connectivity index (χ4n) is 3.59. The Hall–Kier alpha value is -3.05. The zero-order chi connectivity index (χ0) is 21.8. The van der Waals surface area contributed by atoms with Crippen LogP contribution in [0.15, 0.2) is 54.6 Å². The number of hydrogen-bond acceptors (Lipinski definition) is 2. The summed E-state index contributed by atoms with van der Waals surface area (Å²) >= 11 is 6.00. The van der Waals surface area contributed by atoms with Crippen LogP contribution in [-0.2, 0) is 11.3 Å². The summed E-state index contributed by atoms with van der Waals surface area (Å²) in [6.45, 7) is 8.57. The number of anilines is 1. The van der Waals surface area contributed by atoms with E-state index >= 15 is 0 Å². The van der Waals surface area contributed by atoms with Gasteiger partial charge in [0, 0.05) is 47.8 Å². The molecule has 0 unspecified atom stereocenters. The maximum Gasteiger partial charge on any atom is 0.257 e. The average molecular weight is 424 g/mol. The van der Waals surface area contributed by atoms with Gasteiger partial charge in [0.05, 0.1) is 5.56 Å². The summed E-state index contributed by atoms with van der Waals surface area (Å²) in [6, 6.07) is 17.0. The third-order valence-electron chi connectivity index (χ3n) is 5.15. The highest BCUT2D eigenvalue weighted by molar-refractivity contribution is 6.30. The molecule has 1 heterocycles. The highest BCUT2D eigenvalue weighted by Gasteiger charge is 2.17. The molecule has 0 aliphatic heterocycles. The number of benzene rings is 2. The molecule has 0 aliphatic rings. The van der Waals surface area contributed by atoms with Crippen molar-refractivity contribution in [2.45, 2.75) is 34.2 Å². The molecule has 30 heavy (non-hydrogen) atoms. The van der Waals surface area contributed by atoms with Crippen molar-refractivity contribution in [3.63, 3.8) is 0 Å². The van der Waals surface area contributed by atoms with Gasteiger partial charge >= 0.3 is 0 Å². The number of hydrogen-bond donors (Lipinski definition) is 1. The summed E-state index contributed by atoms with van der Waals surface area (Å²) in [6.07, 6.45) is 0. The molecule has 2 aromatic carbocycles. The lowest BCUT2D eigenvalue weighted by Crippen LogP contribution is -2.27. The Balaban J connectivity index is 1.82. The first kappa shape index (κ1) is 21.7. The predicted octanol–water partition coefficient (Wildman–Crippen LogP) is 5.37. The number of amides is 2. The topological polar surface area (TPSA) is 54.3 Å². The van der Waals surface area contributed by atoms with E-state index in [0.717, 1.165) is 22.6 Å². The van der Waals surface area contributed by atoms with Crippen molar-refractivity contribution >= 4 is 29.1 Å². The van der Waals surface area contributed by atoms with E-state index in [0.29, 0.717) is 29.4 Å². The maximum atomic E-state index is 13.0. The lowest BCUT2D eigenvalue weighted by atomic mass is 10.1. The molecule has 3 aromatic rings. The summed E-state index contributed by atoms with van der Waals surface area (Å²) in [5.41, 5.74) is 5.07. The molecule has 0 radical (unpaired) electrons. The van der Waals surface area contributed by atoms with Crippen molar-refractivity contribution in [1.82, 2.24) is 9.47 Å². The van der Waals surface area contributed by atoms with Crippen LogP contribution in [-0.4, -0.2) is 27.8 Å². The van der Waals surface area contributed by atoms with Gasteiger partial charge in [0.2, 0.25) is 5.91 Å². The van der Waals surface area contributed by atoms with Gasteiger partial charge in [-0.3, -0.25) is 9.59 Å². The largest absolute Gasteiger partial charge is 0.339 e. The van der Waals surface area contributed by atoms with Crippen molar-refractivity contribution in [2.24, 2.45) is 0 Å². The number of carbonyl (C=O) groups is 2. The van der Waals surface area contributed by atoms with Crippen molar-refractivity contribution in [3.05, 3.63) is 82.1 Å². The fraction of sp³-hybridized carbons (Fsp3) is 0.250. The first-order valence-corrected chi connectivity index (χ1v) is 10.3. The van der Waals surface area contributed by atoms with Crippen LogP contribution in [0.1, 0.15) is 41.2 Å². The van der Waals surface area contributed by atoms with Crippen LogP contribution in [0.25, 0.3) is 5.69 Å². The molecule has 1 aromatic heterocycles. The number of carbonyl (C=O) groups excluding carboxylic acids is 2. The van der Waals surface area contributed by atoms with Gasteiger partial charge in [0.25, 0.3) is 5.91 Å². The summed E-state index contributed by atoms with van der Waals surface area (Å²) in [5.74, 6) is -0.138. The second-order valence-electron chi connectivity index (χ2n) is 7.28. The molecule has 2 amide bonds. The van der Waals surface area contributed by atoms with Gasteiger partial charge in [-0.25, -0.2) is 0 Å². The zero-order valence-corrected chi connectivity index (χ0v) is 18.5. The molecule has 3 rings (SSSR count). The Morgan fingerprint density at radius 1 is 1.07 bits per heavy atom. The van der Waals surface area contributed by atoms with E-state index in [1.807, 2.05) is 79.9 Å². The van der Waals surface area contributed by atoms with E-state index in [2.05, 4.69) is 5.32 Å². The molecule has 0 atom stereocenters. The second kappa shape index (κ2) is 9.18. The lowest BCUT2D eigenvalue weighted by molar-refractivity contribution is -0.129. The van der Waals surface area contributed by atoms with Gasteiger partial charge in [0.15, 0.2) is 0 Å². The van der Waals surface area contributed by atoms with Crippen LogP contribution in [0.3, 0.4) is 0 Å². The minimum Gasteiger partial charge on any atom is -0.339 e. The van der Waals surface area contributed by atoms with Crippen LogP contribution < -0.4 is 5.32 Å². The molecule has 156 valence electrons. The van der Waals surface area contributed by atoms with E-state index in [4.69, 9.17) is 11.6 Å². The summed E-state index contributed by atoms with van der Waals surface area (Å²) < 4.78 is 2.04. The molecule has 0 bridgehead atoms. The van der Waals surface area contributed by atoms with Gasteiger partial charge in [-0.05, 0) is 68.8 Å². The minimum atomic E-state index is -0.167. The molecular formula is C24H26ClN3O2. The normalized spacial score (nSPS) is 10.7. The summed E-state index contributed by atoms with van der Waals surface area (Å²) in [4.78, 5) is 26.4. The van der Waals surface area contributed by atoms with E-state index < -0.39 is 0 Å². The Kier molecular flexibility index (Phi) is 6.63. The number of nitrogens with one attached hydrogen (secondary N) is 1. The number of nitrogens with zero attached hydrogens (tertiary/aromatic N) is 2. The predicted molar refractivity (Wildman–Crippen MR) is 121 cm³/mol. The van der Waals surface area contributed by atoms with Gasteiger partial charge in [-0.15, -0.1) is 0 Å². The molecule has 0 saturated heterocycles. The van der Waals surface area contributed by atoms with Crippen molar-refractivity contribution < 1.29 is 9.59 Å². The molecule has 1 N–H and O–H groups in total. The summed E-state index contributed by atoms with van der Waals surface area (Å²) in [7, 11) is 0. The number of aromatic nitrogens is 1. The highest BCUT2D eigenvalue weighted by Crippen LogP contribution is 2.23. The van der Waals surface area contributed by atoms with Crippen molar-refractivity contribution in [3.8, 4) is 5.69 Å². The molecule has 5 nitrogen and oxygen atoms in total. The SMILES string of the molecule is CCN(Cc1cccc(NC(=O)c2cc(C)n(-c3ccc(Cl)cc3)c2C)c1)C(C)=O. The maximum absolute atomic E-state index is 13.0. The third kappa shape index (κ3) is 4.74. The molecule has 6 heteroatoms. The van der Waals surface area contributed by atoms with Crippen molar-refractivity contribution in [2.75, 3.05) is 11.9 Å². The first-order chi connectivity index (χ1) is 14.3. The summed E-state index contributed by atoms with van der Waals surface area (Å²) in [5, 5.41) is 3.66. The standard InChI is InChI=1S/C24H26ClN3O2/c1-5-27(18(4)29)15-19-7-6-8-21(14-19)26-24(30)23-13-16(2)28(17(23)3)22-11-9-20(25)10-12-22/h6-14H,5,15H2,1-4H3,(H,26,30). The number of rotatable bonds is 6. The zero-order valence-electron chi connectivity index (χ0n) is 17.7. The second-order valence-corrected chi connectivity index (χ2v) is 7.72. The Labute approximate surface area is 182 Å². The monoisotopic (exact) mass is 423 g/mol. The number of halogens is 1. The van der Waals surface area contributed by atoms with Gasteiger partial charge in [-0.1, -0.05) is 23.7 Å². The first-order valence-electron chi connectivity index (χ1n) is 9.90. The Morgan fingerprint density at radius 2 is 1.77 bits per heavy atom. The molecule has 0 spiro atoms. The molecule has 0 aliphatic carbocycles. The highest BCUT2D eigenvalue weighted by atomic mass is 35.5. The van der Waals surface area contributed by atoms with Gasteiger partial charge in [0.1, 0.15) is 0 Å². The van der Waals surface area contributed by atoms with E-state index in [1.165, 1.54) is 0 Å². The van der Waals surface area contributed by atoms with Gasteiger partial charge in [-0.2, -0.15) is 0 Å². The van der Waals surface area contributed by atoms with E-state index in [-0.39, 0.29) is 11.8 Å². The quantitative estimate of drug-likeness (QED) is 0.579. The molecule has 0 saturated carbocycles. The lowest BCUT2D eigenvalue weighted by Gasteiger charge is -2.19. The van der Waals surface area contributed by atoms with Crippen LogP contribution in [0.2, 0.25) is 5.02 Å². The van der Waals surface area contributed by atoms with Gasteiger partial charge < -0.3 is 14.8 Å².